The molecule has 0 radical (unpaired) electrons. The molecule has 0 amide bonds. The van der Waals surface area contributed by atoms with Crippen LogP contribution in [0.4, 0.5) is 0 Å². The molecule has 1 nitrogen and oxygen atoms in total. The summed E-state index contributed by atoms with van der Waals surface area (Å²) >= 11 is -0.147. The van der Waals surface area contributed by atoms with Crippen molar-refractivity contribution in [1.82, 2.24) is 3.80 Å². The van der Waals surface area contributed by atoms with Gasteiger partial charge in [0.15, 0.2) is 0 Å². The van der Waals surface area contributed by atoms with Crippen LogP contribution in [-0.4, -0.2) is 6.54 Å². The first-order chi connectivity index (χ1) is 12.1. The summed E-state index contributed by atoms with van der Waals surface area (Å²) in [6, 6.07) is 13.6. The molecule has 0 aliphatic heterocycles. The van der Waals surface area contributed by atoms with Gasteiger partial charge in [0.2, 0.25) is 0 Å². The third kappa shape index (κ3) is 5.49. The third-order valence-corrected chi connectivity index (χ3v) is 6.94. The predicted octanol–water partition coefficient (Wildman–Crippen LogP) is 6.94. The Morgan fingerprint density at radius 3 is 2.44 bits per heavy atom. The van der Waals surface area contributed by atoms with E-state index in [0.29, 0.717) is 5.92 Å². The van der Waals surface area contributed by atoms with Crippen LogP contribution in [0.1, 0.15) is 51.7 Å². The van der Waals surface area contributed by atoms with E-state index in [1.165, 1.54) is 51.6 Å². The molecule has 3 rings (SSSR count). The first-order valence-corrected chi connectivity index (χ1v) is 11.4. The summed E-state index contributed by atoms with van der Waals surface area (Å²) in [6.45, 7) is 10.3. The maximum Gasteiger partial charge on any atom is -0.147 e. The Morgan fingerprint density at radius 2 is 1.78 bits per heavy atom. The minimum Gasteiger partial charge on any atom is -0.147 e. The number of hydrogen-bond acceptors (Lipinski definition) is 1. The average Bonchev–Trinajstić information content (AvgIpc) is 2.87. The zero-order chi connectivity index (χ0) is 17.8. The molecule has 0 saturated carbocycles. The van der Waals surface area contributed by atoms with E-state index in [2.05, 4.69) is 74.0 Å². The zero-order valence-electron chi connectivity index (χ0n) is 16.8. The van der Waals surface area contributed by atoms with Crippen molar-refractivity contribution in [2.24, 2.45) is 5.92 Å². The fraction of sp³-hybridized carbons (Fsp3) is 0.391. The van der Waals surface area contributed by atoms with E-state index in [9.17, 15) is 0 Å². The normalized spacial score (nSPS) is 16.0. The van der Waals surface area contributed by atoms with Gasteiger partial charge in [0.1, 0.15) is 0 Å². The summed E-state index contributed by atoms with van der Waals surface area (Å²) < 4.78 is 4.96. The van der Waals surface area contributed by atoms with Crippen LogP contribution in [0.2, 0.25) is 0 Å². The molecule has 146 valence electrons. The van der Waals surface area contributed by atoms with Crippen molar-refractivity contribution in [3.63, 3.8) is 0 Å². The number of nitrogens with one attached hydrogen (secondary N) is 1. The molecule has 1 atom stereocenters. The second-order valence-corrected chi connectivity index (χ2v) is 8.78. The van der Waals surface area contributed by atoms with Gasteiger partial charge in [-0.25, -0.2) is 0 Å². The van der Waals surface area contributed by atoms with E-state index < -0.39 is 0 Å². The van der Waals surface area contributed by atoms with Crippen LogP contribution in [0.15, 0.2) is 53.6 Å². The van der Waals surface area contributed by atoms with Crippen LogP contribution >= 0.6 is 24.8 Å². The van der Waals surface area contributed by atoms with Crippen molar-refractivity contribution in [2.75, 3.05) is 6.54 Å². The predicted molar refractivity (Wildman–Crippen MR) is 121 cm³/mol. The van der Waals surface area contributed by atoms with E-state index in [4.69, 9.17) is 0 Å². The molecule has 0 heterocycles. The Labute approximate surface area is 186 Å². The Balaban J connectivity index is 0.00000182. The number of hydrogen-bond donors (Lipinski definition) is 1. The first-order valence-electron chi connectivity index (χ1n) is 9.49. The molecule has 2 aromatic carbocycles. The van der Waals surface area contributed by atoms with Gasteiger partial charge in [-0.2, -0.15) is 0 Å². The molecular formula is C23H31Cl2NTi. The number of fused-ring (bicyclic) bond motifs is 1. The number of unbranched alkanes of at least 4 members (excludes halogenated alkanes) is 1. The molecule has 27 heavy (non-hydrogen) atoms. The standard InChI is InChI=1S/C19H19.C4H10N.2ClH.Ti/c1-12-11-13(2)19(14(12)3)18-10-9-16-7-5-6-8-17(16)15(18)4;1-2-3-4-5;;;/h5-11,13H,4H2,1-3H3;5H,2-4H2,1H3;2*1H;/q;-1;;;+1. The van der Waals surface area contributed by atoms with E-state index in [-0.39, 0.29) is 44.2 Å². The van der Waals surface area contributed by atoms with Crippen molar-refractivity contribution < 1.29 is 19.4 Å². The van der Waals surface area contributed by atoms with Gasteiger partial charge in [0, 0.05) is 0 Å². The Hall–Kier alpha value is -0.566. The summed E-state index contributed by atoms with van der Waals surface area (Å²) in [5, 5.41) is 2.81. The molecule has 1 N–H and O–H groups in total. The number of allylic oxidation sites excluding steroid dienone is 4. The van der Waals surface area contributed by atoms with Gasteiger partial charge in [-0.1, -0.05) is 0 Å². The Morgan fingerprint density at radius 1 is 1.04 bits per heavy atom. The molecule has 4 heteroatoms. The van der Waals surface area contributed by atoms with E-state index in [1.807, 2.05) is 0 Å². The summed E-state index contributed by atoms with van der Waals surface area (Å²) in [4.78, 5) is 0. The Bertz CT molecular complexity index is 826. The molecule has 0 bridgehead atoms. The van der Waals surface area contributed by atoms with Crippen molar-refractivity contribution in [1.29, 1.82) is 0 Å². The van der Waals surface area contributed by atoms with Gasteiger partial charge < -0.3 is 0 Å². The van der Waals surface area contributed by atoms with Crippen molar-refractivity contribution in [2.45, 2.75) is 45.3 Å². The summed E-state index contributed by atoms with van der Waals surface area (Å²) in [7, 11) is 0. The molecule has 1 aliphatic carbocycles. The minimum absolute atomic E-state index is 0. The van der Waals surface area contributed by atoms with Gasteiger partial charge in [0.05, 0.1) is 0 Å². The van der Waals surface area contributed by atoms with Crippen molar-refractivity contribution >= 4 is 41.2 Å². The number of rotatable bonds is 7. The smallest absolute Gasteiger partial charge is 0.147 e. The van der Waals surface area contributed by atoms with E-state index in [0.717, 1.165) is 0 Å². The van der Waals surface area contributed by atoms with Crippen LogP contribution in [0.5, 0.6) is 0 Å². The molecule has 0 spiro atoms. The number of benzene rings is 2. The van der Waals surface area contributed by atoms with Gasteiger partial charge in [0.25, 0.3) is 0 Å². The van der Waals surface area contributed by atoms with Gasteiger partial charge in [-0.15, -0.1) is 24.8 Å². The summed E-state index contributed by atoms with van der Waals surface area (Å²) in [6.07, 6.45) is 4.98. The fourth-order valence-corrected chi connectivity index (χ4v) is 5.49. The Kier molecular flexibility index (Phi) is 10.4. The van der Waals surface area contributed by atoms with Crippen LogP contribution in [0, 0.1) is 5.92 Å². The molecule has 1 aliphatic rings. The first kappa shape index (κ1) is 24.5. The fourth-order valence-electron chi connectivity index (χ4n) is 3.87. The SMILES string of the molecule is CCCC[NH][Ti][CH2]c1c(C2=C(C)C(C)=CC2C)ccc2ccccc12.Cl.Cl. The number of halogens is 2. The van der Waals surface area contributed by atoms with Crippen LogP contribution in [0.3, 0.4) is 0 Å². The van der Waals surface area contributed by atoms with Crippen molar-refractivity contribution in [3.8, 4) is 0 Å². The largest absolute Gasteiger partial charge is 0.147 e. The molecule has 0 saturated heterocycles. The van der Waals surface area contributed by atoms with Crippen LogP contribution in [-0.2, 0) is 24.1 Å². The van der Waals surface area contributed by atoms with Gasteiger partial charge in [-0.05, 0) is 0 Å². The maximum absolute atomic E-state index is 3.74. The topological polar surface area (TPSA) is 12.0 Å². The summed E-state index contributed by atoms with van der Waals surface area (Å²) in [5.74, 6) is 0.521. The van der Waals surface area contributed by atoms with Crippen LogP contribution in [0.25, 0.3) is 16.3 Å². The molecular weight excluding hydrogens is 409 g/mol. The zero-order valence-corrected chi connectivity index (χ0v) is 20.0. The second kappa shape index (κ2) is 11.4. The molecule has 2 aromatic rings. The quantitative estimate of drug-likeness (QED) is 0.363. The minimum atomic E-state index is -0.147. The molecule has 1 unspecified atom stereocenters. The molecule has 0 aromatic heterocycles. The monoisotopic (exact) mass is 439 g/mol. The average molecular weight is 440 g/mol. The van der Waals surface area contributed by atoms with Gasteiger partial charge in [-0.3, -0.25) is 0 Å². The second-order valence-electron chi connectivity index (χ2n) is 7.12. The summed E-state index contributed by atoms with van der Waals surface area (Å²) in [5.41, 5.74) is 7.50. The molecule has 0 fully saturated rings. The maximum atomic E-state index is 3.74. The van der Waals surface area contributed by atoms with E-state index in [1.54, 1.807) is 11.1 Å². The van der Waals surface area contributed by atoms with E-state index >= 15 is 0 Å². The van der Waals surface area contributed by atoms with Crippen LogP contribution < -0.4 is 3.80 Å². The third-order valence-electron chi connectivity index (χ3n) is 5.33. The van der Waals surface area contributed by atoms with Gasteiger partial charge >= 0.3 is 162 Å². The van der Waals surface area contributed by atoms with Crippen molar-refractivity contribution in [3.05, 3.63) is 64.7 Å².